The number of aryl methyl sites for hydroxylation is 1. The van der Waals surface area contributed by atoms with Gasteiger partial charge in [-0.05, 0) is 24.5 Å². The average Bonchev–Trinajstić information content (AvgIpc) is 2.95. The van der Waals surface area contributed by atoms with Crippen molar-refractivity contribution in [3.05, 3.63) is 29.8 Å². The van der Waals surface area contributed by atoms with Gasteiger partial charge in [0, 0.05) is 13.5 Å². The molecule has 1 aliphatic heterocycles. The number of hydrogen-bond acceptors (Lipinski definition) is 6. The number of amides is 1. The first-order chi connectivity index (χ1) is 10.5. The molecule has 1 N–H and O–H groups in total. The fourth-order valence-electron chi connectivity index (χ4n) is 2.36. The molecule has 116 valence electrons. The number of nitrogens with zero attached hydrogens (tertiary/aromatic N) is 3. The van der Waals surface area contributed by atoms with Crippen molar-refractivity contribution >= 4 is 38.1 Å². The average molecular weight is 338 g/mol. The second-order valence-electron chi connectivity index (χ2n) is 4.86. The normalized spacial score (nSPS) is 14.5. The number of aromatic nitrogens is 2. The van der Waals surface area contributed by atoms with Crippen LogP contribution in [0.15, 0.2) is 28.6 Å². The van der Waals surface area contributed by atoms with Gasteiger partial charge >= 0.3 is 0 Å². The smallest absolute Gasteiger partial charge is 0.293 e. The Kier molecular flexibility index (Phi) is 3.83. The molecule has 1 amide bonds. The highest BCUT2D eigenvalue weighted by Crippen LogP contribution is 2.33. The molecule has 2 aromatic rings. The minimum absolute atomic E-state index is 0.118. The van der Waals surface area contributed by atoms with E-state index in [-0.39, 0.29) is 15.4 Å². The third-order valence-corrected chi connectivity index (χ3v) is 6.27. The van der Waals surface area contributed by atoms with Crippen LogP contribution in [0.1, 0.15) is 18.9 Å². The Hall–Kier alpha value is -2.00. The van der Waals surface area contributed by atoms with Gasteiger partial charge < -0.3 is 5.32 Å². The van der Waals surface area contributed by atoms with Gasteiger partial charge in [-0.15, -0.1) is 10.2 Å². The van der Waals surface area contributed by atoms with E-state index >= 15 is 0 Å². The van der Waals surface area contributed by atoms with Gasteiger partial charge in [-0.1, -0.05) is 29.5 Å². The maximum absolute atomic E-state index is 12.8. The number of nitrogens with one attached hydrogen (secondary N) is 1. The SMILES string of the molecule is CC(=O)Nc1nnc(S(=O)(=O)N2CCCc3ccccc32)s1. The molecule has 0 radical (unpaired) electrons. The van der Waals surface area contributed by atoms with Crippen LogP contribution >= 0.6 is 11.3 Å². The largest absolute Gasteiger partial charge is 0.301 e. The maximum Gasteiger partial charge on any atom is 0.293 e. The van der Waals surface area contributed by atoms with Gasteiger partial charge in [0.2, 0.25) is 11.0 Å². The molecule has 0 saturated carbocycles. The van der Waals surface area contributed by atoms with Crippen LogP contribution in [0, 0.1) is 0 Å². The summed E-state index contributed by atoms with van der Waals surface area (Å²) in [6, 6.07) is 7.44. The van der Waals surface area contributed by atoms with E-state index < -0.39 is 10.0 Å². The quantitative estimate of drug-likeness (QED) is 0.859. The molecule has 0 aliphatic carbocycles. The minimum Gasteiger partial charge on any atom is -0.301 e. The van der Waals surface area contributed by atoms with E-state index in [1.165, 1.54) is 11.2 Å². The lowest BCUT2D eigenvalue weighted by molar-refractivity contribution is -0.114. The molecular formula is C13H14N4O3S2. The van der Waals surface area contributed by atoms with Crippen molar-refractivity contribution in [1.29, 1.82) is 0 Å². The van der Waals surface area contributed by atoms with Crippen molar-refractivity contribution in [3.8, 4) is 0 Å². The van der Waals surface area contributed by atoms with Crippen molar-refractivity contribution < 1.29 is 13.2 Å². The third-order valence-electron chi connectivity index (χ3n) is 3.27. The predicted octanol–water partition coefficient (Wildman–Crippen LogP) is 1.64. The molecule has 1 aromatic heterocycles. The number of para-hydroxylation sites is 1. The minimum atomic E-state index is -3.76. The van der Waals surface area contributed by atoms with Crippen molar-refractivity contribution in [2.75, 3.05) is 16.2 Å². The summed E-state index contributed by atoms with van der Waals surface area (Å²) in [5, 5.41) is 10.0. The van der Waals surface area contributed by atoms with Gasteiger partial charge in [0.05, 0.1) is 5.69 Å². The number of hydrogen-bond donors (Lipinski definition) is 1. The molecule has 1 aromatic carbocycles. The summed E-state index contributed by atoms with van der Waals surface area (Å²) < 4.78 is 26.8. The van der Waals surface area contributed by atoms with E-state index in [0.717, 1.165) is 29.7 Å². The molecule has 1 aliphatic rings. The van der Waals surface area contributed by atoms with Crippen LogP contribution in [0.25, 0.3) is 0 Å². The van der Waals surface area contributed by atoms with Crippen LogP contribution in [0.3, 0.4) is 0 Å². The van der Waals surface area contributed by atoms with Gasteiger partial charge in [-0.3, -0.25) is 9.10 Å². The predicted molar refractivity (Wildman–Crippen MR) is 83.5 cm³/mol. The zero-order chi connectivity index (χ0) is 15.7. The Morgan fingerprint density at radius 3 is 2.86 bits per heavy atom. The van der Waals surface area contributed by atoms with E-state index in [0.29, 0.717) is 12.2 Å². The van der Waals surface area contributed by atoms with Crippen molar-refractivity contribution in [2.24, 2.45) is 0 Å². The number of anilines is 2. The van der Waals surface area contributed by atoms with Gasteiger partial charge in [0.25, 0.3) is 14.4 Å². The highest BCUT2D eigenvalue weighted by molar-refractivity contribution is 7.94. The lowest BCUT2D eigenvalue weighted by Gasteiger charge is -2.29. The summed E-state index contributed by atoms with van der Waals surface area (Å²) in [7, 11) is -3.76. The summed E-state index contributed by atoms with van der Waals surface area (Å²) in [6.07, 6.45) is 1.61. The van der Waals surface area contributed by atoms with Crippen molar-refractivity contribution in [1.82, 2.24) is 10.2 Å². The fraction of sp³-hybridized carbons (Fsp3) is 0.308. The lowest BCUT2D eigenvalue weighted by Crippen LogP contribution is -2.35. The van der Waals surface area contributed by atoms with Gasteiger partial charge in [0.1, 0.15) is 0 Å². The van der Waals surface area contributed by atoms with Gasteiger partial charge in [-0.2, -0.15) is 8.42 Å². The van der Waals surface area contributed by atoms with E-state index in [4.69, 9.17) is 0 Å². The highest BCUT2D eigenvalue weighted by atomic mass is 32.2. The Morgan fingerprint density at radius 2 is 2.09 bits per heavy atom. The Balaban J connectivity index is 1.97. The van der Waals surface area contributed by atoms with Crippen molar-refractivity contribution in [2.45, 2.75) is 24.1 Å². The molecule has 22 heavy (non-hydrogen) atoms. The third kappa shape index (κ3) is 2.69. The fourth-order valence-corrected chi connectivity index (χ4v) is 4.95. The van der Waals surface area contributed by atoms with Crippen molar-refractivity contribution in [3.63, 3.8) is 0 Å². The van der Waals surface area contributed by atoms with Crippen LogP contribution in [-0.4, -0.2) is 31.1 Å². The van der Waals surface area contributed by atoms with Crippen LogP contribution in [-0.2, 0) is 21.2 Å². The zero-order valence-electron chi connectivity index (χ0n) is 11.8. The molecule has 7 nitrogen and oxygen atoms in total. The molecule has 0 bridgehead atoms. The second kappa shape index (κ2) is 5.65. The molecule has 0 unspecified atom stereocenters. The first-order valence-electron chi connectivity index (χ1n) is 6.70. The second-order valence-corrected chi connectivity index (χ2v) is 7.88. The number of sulfonamides is 1. The summed E-state index contributed by atoms with van der Waals surface area (Å²) in [6.45, 7) is 1.74. The Morgan fingerprint density at radius 1 is 1.32 bits per heavy atom. The standard InChI is InChI=1S/C13H14N4O3S2/c1-9(18)14-12-15-16-13(21-12)22(19,20)17-8-4-6-10-5-2-3-7-11(10)17/h2-3,5,7H,4,6,8H2,1H3,(H,14,15,18). The van der Waals surface area contributed by atoms with Gasteiger partial charge in [-0.25, -0.2) is 0 Å². The molecule has 0 spiro atoms. The number of fused-ring (bicyclic) bond motifs is 1. The van der Waals surface area contributed by atoms with E-state index in [2.05, 4.69) is 15.5 Å². The molecular weight excluding hydrogens is 324 g/mol. The van der Waals surface area contributed by atoms with Gasteiger partial charge in [0.15, 0.2) is 0 Å². The molecule has 0 atom stereocenters. The molecule has 0 fully saturated rings. The lowest BCUT2D eigenvalue weighted by atomic mass is 10.0. The first-order valence-corrected chi connectivity index (χ1v) is 8.96. The monoisotopic (exact) mass is 338 g/mol. The molecule has 3 rings (SSSR count). The summed E-state index contributed by atoms with van der Waals surface area (Å²) in [4.78, 5) is 11.0. The Bertz CT molecular complexity index is 816. The highest BCUT2D eigenvalue weighted by Gasteiger charge is 2.32. The van der Waals surface area contributed by atoms with E-state index in [1.54, 1.807) is 6.07 Å². The summed E-state index contributed by atoms with van der Waals surface area (Å²) in [5.74, 6) is -0.316. The first kappa shape index (κ1) is 14.9. The van der Waals surface area contributed by atoms with Crippen LogP contribution in [0.4, 0.5) is 10.8 Å². The van der Waals surface area contributed by atoms with Crippen LogP contribution in [0.2, 0.25) is 0 Å². The summed E-state index contributed by atoms with van der Waals surface area (Å²) in [5.41, 5.74) is 1.69. The number of carbonyl (C=O) groups is 1. The van der Waals surface area contributed by atoms with E-state index in [9.17, 15) is 13.2 Å². The topological polar surface area (TPSA) is 92.3 Å². The number of rotatable bonds is 3. The molecule has 9 heteroatoms. The van der Waals surface area contributed by atoms with E-state index in [1.807, 2.05) is 18.2 Å². The number of carbonyl (C=O) groups excluding carboxylic acids is 1. The summed E-state index contributed by atoms with van der Waals surface area (Å²) >= 11 is 0.853. The number of benzene rings is 1. The maximum atomic E-state index is 12.8. The van der Waals surface area contributed by atoms with Crippen LogP contribution in [0.5, 0.6) is 0 Å². The van der Waals surface area contributed by atoms with Crippen LogP contribution < -0.4 is 9.62 Å². The molecule has 0 saturated heterocycles. The molecule has 2 heterocycles. The zero-order valence-corrected chi connectivity index (χ0v) is 13.4. The Labute approximate surface area is 132 Å².